The number of hydrogen-bond acceptors (Lipinski definition) is 3. The van der Waals surface area contributed by atoms with Crippen LogP contribution in [0.3, 0.4) is 0 Å². The molecule has 20 heavy (non-hydrogen) atoms. The van der Waals surface area contributed by atoms with Gasteiger partial charge in [0.15, 0.2) is 0 Å². The van der Waals surface area contributed by atoms with Crippen LogP contribution >= 0.6 is 15.9 Å². The van der Waals surface area contributed by atoms with Gasteiger partial charge in [0.2, 0.25) is 5.91 Å². The third kappa shape index (κ3) is 5.23. The van der Waals surface area contributed by atoms with Gasteiger partial charge in [0, 0.05) is 30.7 Å². The van der Waals surface area contributed by atoms with Crippen molar-refractivity contribution in [2.75, 3.05) is 26.7 Å². The number of aliphatic hydroxyl groups excluding tert-OH is 1. The van der Waals surface area contributed by atoms with E-state index in [1.54, 1.807) is 11.9 Å². The van der Waals surface area contributed by atoms with Gasteiger partial charge in [0.1, 0.15) is 0 Å². The molecule has 0 fully saturated rings. The number of carbonyl (C=O) groups excluding carboxylic acids is 1. The smallest absolute Gasteiger partial charge is 0.236 e. The van der Waals surface area contributed by atoms with Crippen molar-refractivity contribution in [3.63, 3.8) is 0 Å². The van der Waals surface area contributed by atoms with Crippen molar-refractivity contribution in [1.29, 1.82) is 0 Å². The zero-order chi connectivity index (χ0) is 15.1. The quantitative estimate of drug-likeness (QED) is 0.825. The number of aliphatic hydroxyl groups is 1. The minimum atomic E-state index is 0.0582. The number of likely N-dealkylation sites (N-methyl/N-ethyl adjacent to an activating group) is 1. The Balaban J connectivity index is 2.60. The molecule has 0 aliphatic rings. The first-order valence-electron chi connectivity index (χ1n) is 6.78. The number of nitrogens with zero attached hydrogens (tertiary/aromatic N) is 2. The van der Waals surface area contributed by atoms with Crippen molar-refractivity contribution >= 4 is 21.8 Å². The second-order valence-electron chi connectivity index (χ2n) is 5.13. The normalized spacial score (nSPS) is 11.2. The van der Waals surface area contributed by atoms with E-state index in [1.165, 1.54) is 0 Å². The Morgan fingerprint density at radius 3 is 2.55 bits per heavy atom. The second-order valence-corrected chi connectivity index (χ2v) is 5.98. The molecule has 1 aromatic rings. The van der Waals surface area contributed by atoms with Crippen LogP contribution in [0.1, 0.15) is 19.4 Å². The van der Waals surface area contributed by atoms with Crippen molar-refractivity contribution in [3.8, 4) is 0 Å². The summed E-state index contributed by atoms with van der Waals surface area (Å²) < 4.78 is 1.01. The molecule has 0 aromatic heterocycles. The molecule has 0 aliphatic carbocycles. The number of halogens is 1. The molecule has 0 spiro atoms. The zero-order valence-electron chi connectivity index (χ0n) is 12.3. The summed E-state index contributed by atoms with van der Waals surface area (Å²) in [7, 11) is 1.80. The minimum absolute atomic E-state index is 0.0582. The lowest BCUT2D eigenvalue weighted by Gasteiger charge is -2.27. The van der Waals surface area contributed by atoms with Crippen LogP contribution in [0, 0.1) is 0 Å². The SMILES string of the molecule is CC(C)N(CCO)CC(=O)N(C)Cc1ccccc1Br. The Labute approximate surface area is 129 Å². The van der Waals surface area contributed by atoms with E-state index in [1.807, 2.05) is 43.0 Å². The Morgan fingerprint density at radius 2 is 2.00 bits per heavy atom. The molecule has 0 unspecified atom stereocenters. The van der Waals surface area contributed by atoms with Gasteiger partial charge in [-0.25, -0.2) is 0 Å². The first-order valence-corrected chi connectivity index (χ1v) is 7.57. The van der Waals surface area contributed by atoms with E-state index in [-0.39, 0.29) is 18.6 Å². The van der Waals surface area contributed by atoms with Gasteiger partial charge in [0.05, 0.1) is 13.2 Å². The van der Waals surface area contributed by atoms with Crippen LogP contribution in [0.5, 0.6) is 0 Å². The van der Waals surface area contributed by atoms with Crippen LogP contribution in [0.15, 0.2) is 28.7 Å². The highest BCUT2D eigenvalue weighted by Gasteiger charge is 2.17. The predicted octanol–water partition coefficient (Wildman–Crippen LogP) is 2.11. The molecule has 112 valence electrons. The Hall–Kier alpha value is -0.910. The monoisotopic (exact) mass is 342 g/mol. The zero-order valence-corrected chi connectivity index (χ0v) is 13.9. The Kier molecular flexibility index (Phi) is 7.19. The molecule has 0 saturated heterocycles. The predicted molar refractivity (Wildman–Crippen MR) is 84.4 cm³/mol. The molecule has 0 heterocycles. The second kappa shape index (κ2) is 8.39. The van der Waals surface area contributed by atoms with Crippen molar-refractivity contribution in [2.24, 2.45) is 0 Å². The van der Waals surface area contributed by atoms with Crippen molar-refractivity contribution in [2.45, 2.75) is 26.4 Å². The summed E-state index contributed by atoms with van der Waals surface area (Å²) >= 11 is 3.49. The van der Waals surface area contributed by atoms with E-state index in [9.17, 15) is 4.79 Å². The van der Waals surface area contributed by atoms with Gasteiger partial charge in [-0.3, -0.25) is 9.69 Å². The fourth-order valence-corrected chi connectivity index (χ4v) is 2.32. The highest BCUT2D eigenvalue weighted by molar-refractivity contribution is 9.10. The maximum absolute atomic E-state index is 12.2. The van der Waals surface area contributed by atoms with Crippen LogP contribution in [0.25, 0.3) is 0 Å². The first kappa shape index (κ1) is 17.1. The van der Waals surface area contributed by atoms with Crippen molar-refractivity contribution in [1.82, 2.24) is 9.80 Å². The summed E-state index contributed by atoms with van der Waals surface area (Å²) in [5, 5.41) is 9.04. The summed E-state index contributed by atoms with van der Waals surface area (Å²) in [5.74, 6) is 0.0582. The van der Waals surface area contributed by atoms with Gasteiger partial charge < -0.3 is 10.0 Å². The number of carbonyl (C=O) groups is 1. The summed E-state index contributed by atoms with van der Waals surface area (Å²) in [6.07, 6.45) is 0. The summed E-state index contributed by atoms with van der Waals surface area (Å²) in [4.78, 5) is 15.9. The average molecular weight is 343 g/mol. The van der Waals surface area contributed by atoms with Gasteiger partial charge in [-0.1, -0.05) is 34.1 Å². The number of benzene rings is 1. The lowest BCUT2D eigenvalue weighted by atomic mass is 10.2. The summed E-state index contributed by atoms with van der Waals surface area (Å²) in [6, 6.07) is 8.13. The molecule has 1 aromatic carbocycles. The minimum Gasteiger partial charge on any atom is -0.395 e. The Bertz CT molecular complexity index is 438. The van der Waals surface area contributed by atoms with Crippen LogP contribution in [0.4, 0.5) is 0 Å². The molecule has 0 atom stereocenters. The van der Waals surface area contributed by atoms with Gasteiger partial charge in [0.25, 0.3) is 0 Å². The standard InChI is InChI=1S/C15H23BrN2O2/c1-12(2)18(8-9-19)11-15(20)17(3)10-13-6-4-5-7-14(13)16/h4-7,12,19H,8-11H2,1-3H3. The third-order valence-electron chi connectivity index (χ3n) is 3.25. The summed E-state index contributed by atoms with van der Waals surface area (Å²) in [5.41, 5.74) is 1.08. The molecule has 0 radical (unpaired) electrons. The van der Waals surface area contributed by atoms with Crippen LogP contribution in [-0.4, -0.2) is 53.6 Å². The molecule has 1 amide bonds. The van der Waals surface area contributed by atoms with E-state index < -0.39 is 0 Å². The van der Waals surface area contributed by atoms with Gasteiger partial charge in [-0.15, -0.1) is 0 Å². The lowest BCUT2D eigenvalue weighted by Crippen LogP contribution is -2.42. The maximum atomic E-state index is 12.2. The molecule has 0 bridgehead atoms. The maximum Gasteiger partial charge on any atom is 0.236 e. The van der Waals surface area contributed by atoms with Crippen LogP contribution < -0.4 is 0 Å². The van der Waals surface area contributed by atoms with E-state index in [0.717, 1.165) is 10.0 Å². The van der Waals surface area contributed by atoms with Crippen LogP contribution in [0.2, 0.25) is 0 Å². The van der Waals surface area contributed by atoms with Crippen LogP contribution in [-0.2, 0) is 11.3 Å². The average Bonchev–Trinajstić information content (AvgIpc) is 2.40. The molecular formula is C15H23BrN2O2. The highest BCUT2D eigenvalue weighted by Crippen LogP contribution is 2.17. The highest BCUT2D eigenvalue weighted by atomic mass is 79.9. The fourth-order valence-electron chi connectivity index (χ4n) is 1.91. The summed E-state index contributed by atoms with van der Waals surface area (Å²) in [6.45, 7) is 5.55. The molecule has 0 aliphatic heterocycles. The molecule has 1 rings (SSSR count). The van der Waals surface area contributed by atoms with Gasteiger partial charge >= 0.3 is 0 Å². The number of amides is 1. The van der Waals surface area contributed by atoms with E-state index in [2.05, 4.69) is 15.9 Å². The van der Waals surface area contributed by atoms with Crippen molar-refractivity contribution in [3.05, 3.63) is 34.3 Å². The number of hydrogen-bond donors (Lipinski definition) is 1. The van der Waals surface area contributed by atoms with E-state index in [4.69, 9.17) is 5.11 Å². The first-order chi connectivity index (χ1) is 9.45. The largest absolute Gasteiger partial charge is 0.395 e. The third-order valence-corrected chi connectivity index (χ3v) is 4.02. The fraction of sp³-hybridized carbons (Fsp3) is 0.533. The topological polar surface area (TPSA) is 43.8 Å². The Morgan fingerprint density at radius 1 is 1.35 bits per heavy atom. The lowest BCUT2D eigenvalue weighted by molar-refractivity contribution is -0.132. The van der Waals surface area contributed by atoms with Crippen molar-refractivity contribution < 1.29 is 9.90 Å². The molecule has 0 saturated carbocycles. The molecule has 4 nitrogen and oxygen atoms in total. The number of rotatable bonds is 7. The van der Waals surface area contributed by atoms with E-state index in [0.29, 0.717) is 19.6 Å². The van der Waals surface area contributed by atoms with Gasteiger partial charge in [-0.2, -0.15) is 0 Å². The molecule has 1 N–H and O–H groups in total. The van der Waals surface area contributed by atoms with Gasteiger partial charge in [-0.05, 0) is 25.5 Å². The molecular weight excluding hydrogens is 320 g/mol. The molecule has 5 heteroatoms. The van der Waals surface area contributed by atoms with E-state index >= 15 is 0 Å².